The van der Waals surface area contributed by atoms with Crippen LogP contribution < -0.4 is 4.74 Å². The van der Waals surface area contributed by atoms with Crippen molar-refractivity contribution in [2.24, 2.45) is 0 Å². The van der Waals surface area contributed by atoms with Crippen molar-refractivity contribution in [3.05, 3.63) is 83.7 Å². The molecule has 190 valence electrons. The normalized spacial score (nSPS) is 13.8. The second-order valence-electron chi connectivity index (χ2n) is 7.74. The summed E-state index contributed by atoms with van der Waals surface area (Å²) < 4.78 is 106. The summed E-state index contributed by atoms with van der Waals surface area (Å²) >= 11 is 0. The molecule has 0 aliphatic rings. The van der Waals surface area contributed by atoms with Crippen molar-refractivity contribution in [2.75, 3.05) is 18.5 Å². The molecule has 3 aromatic rings. The zero-order valence-electron chi connectivity index (χ0n) is 18.7. The minimum absolute atomic E-state index is 0.271. The first kappa shape index (κ1) is 27.3. The van der Waals surface area contributed by atoms with Gasteiger partial charge in [0, 0.05) is 34.3 Å². The highest BCUT2D eigenvalue weighted by atomic mass is 32.2. The maximum absolute atomic E-state index is 15.8. The predicted octanol–water partition coefficient (Wildman–Crippen LogP) is 6.29. The van der Waals surface area contributed by atoms with E-state index in [9.17, 15) is 27.2 Å². The van der Waals surface area contributed by atoms with Crippen molar-refractivity contribution >= 4 is 10.9 Å². The summed E-state index contributed by atoms with van der Waals surface area (Å²) in [6.07, 6.45) is -0.513. The molecule has 0 spiro atoms. The fourth-order valence-corrected chi connectivity index (χ4v) is 3.67. The Morgan fingerprint density at radius 2 is 1.56 bits per heavy atom. The van der Waals surface area contributed by atoms with Crippen LogP contribution in [0.25, 0.3) is 11.1 Å². The van der Waals surface area contributed by atoms with Gasteiger partial charge in [0.1, 0.15) is 29.1 Å². The molecule has 0 fully saturated rings. The van der Waals surface area contributed by atoms with Crippen molar-refractivity contribution in [1.29, 1.82) is 5.26 Å². The Balaban J connectivity index is 2.00. The summed E-state index contributed by atoms with van der Waals surface area (Å²) in [6.45, 7) is 0. The van der Waals surface area contributed by atoms with Crippen molar-refractivity contribution in [1.82, 2.24) is 4.98 Å². The van der Waals surface area contributed by atoms with Crippen LogP contribution in [-0.4, -0.2) is 29.8 Å². The third kappa shape index (κ3) is 5.74. The predicted molar refractivity (Wildman–Crippen MR) is 119 cm³/mol. The minimum atomic E-state index is -4.87. The van der Waals surface area contributed by atoms with Crippen LogP contribution in [0, 0.1) is 23.0 Å². The average molecular weight is 531 g/mol. The van der Waals surface area contributed by atoms with E-state index in [0.29, 0.717) is 11.6 Å². The number of halogens is 7. The Labute approximate surface area is 204 Å². The molecule has 3 rings (SSSR count). The summed E-state index contributed by atoms with van der Waals surface area (Å²) in [7, 11) is -0.581. The molecule has 0 radical (unpaired) electrons. The fraction of sp³-hybridized carbons (Fsp3) is 0.250. The standard InChI is InChI=1S/C24H18F7N2O2S/c1-36(2)14-34-22(13-32,19-9-6-17(25)11-20(19)26)23(27,28)21-10-5-16(12-33-21)15-3-7-18(8-4-15)35-24(29,30)31/h3-12H,14H2,1-2H3/q+1/t22-/m0/s1. The molecule has 1 heterocycles. The summed E-state index contributed by atoms with van der Waals surface area (Å²) in [6, 6.07) is 9.97. The van der Waals surface area contributed by atoms with E-state index in [4.69, 9.17) is 4.74 Å². The maximum Gasteiger partial charge on any atom is 0.573 e. The molecule has 12 heteroatoms. The number of nitriles is 1. The molecule has 0 N–H and O–H groups in total. The third-order valence-corrected chi connectivity index (χ3v) is 5.52. The molecule has 36 heavy (non-hydrogen) atoms. The first-order chi connectivity index (χ1) is 16.8. The topological polar surface area (TPSA) is 55.1 Å². The number of aromatic nitrogens is 1. The van der Waals surface area contributed by atoms with Crippen molar-refractivity contribution in [2.45, 2.75) is 17.9 Å². The van der Waals surface area contributed by atoms with E-state index in [0.717, 1.165) is 36.5 Å². The molecular formula is C24H18F7N2O2S+. The van der Waals surface area contributed by atoms with Crippen molar-refractivity contribution in [3.8, 4) is 22.9 Å². The van der Waals surface area contributed by atoms with Gasteiger partial charge in [0.05, 0.1) is 12.5 Å². The summed E-state index contributed by atoms with van der Waals surface area (Å²) in [5.41, 5.74) is -4.32. The molecule has 4 nitrogen and oxygen atoms in total. The summed E-state index contributed by atoms with van der Waals surface area (Å²) in [5, 5.41) is 9.84. The smallest absolute Gasteiger partial charge is 0.406 e. The van der Waals surface area contributed by atoms with Crippen LogP contribution in [0.15, 0.2) is 60.8 Å². The van der Waals surface area contributed by atoms with Crippen molar-refractivity contribution in [3.63, 3.8) is 0 Å². The highest BCUT2D eigenvalue weighted by Gasteiger charge is 2.61. The van der Waals surface area contributed by atoms with Gasteiger partial charge in [-0.05, 0) is 35.9 Å². The number of benzene rings is 2. The number of alkyl halides is 5. The molecule has 0 aliphatic heterocycles. The SMILES string of the molecule is C[S+](C)CO[C@@](C#N)(c1ccc(F)cc1F)C(F)(F)c1ccc(-c2ccc(OC(F)(F)F)cc2)cn1. The van der Waals surface area contributed by atoms with Crippen LogP contribution >= 0.6 is 0 Å². The highest BCUT2D eigenvalue weighted by Crippen LogP contribution is 2.48. The van der Waals surface area contributed by atoms with E-state index >= 15 is 8.78 Å². The first-order valence-corrected chi connectivity index (χ1v) is 12.3. The second kappa shape index (κ2) is 10.4. The number of ether oxygens (including phenoxy) is 2. The Hall–Kier alpha value is -3.30. The second-order valence-corrected chi connectivity index (χ2v) is 9.95. The molecule has 0 saturated heterocycles. The van der Waals surface area contributed by atoms with Gasteiger partial charge in [0.15, 0.2) is 0 Å². The summed E-state index contributed by atoms with van der Waals surface area (Å²) in [4.78, 5) is 3.74. The molecule has 0 amide bonds. The lowest BCUT2D eigenvalue weighted by Crippen LogP contribution is -2.46. The van der Waals surface area contributed by atoms with Gasteiger partial charge in [0.25, 0.3) is 5.60 Å². The number of hydrogen-bond donors (Lipinski definition) is 0. The van der Waals surface area contributed by atoms with E-state index in [-0.39, 0.29) is 11.5 Å². The molecule has 0 saturated carbocycles. The van der Waals surface area contributed by atoms with E-state index in [2.05, 4.69) is 9.72 Å². The molecular weight excluding hydrogens is 513 g/mol. The third-order valence-electron chi connectivity index (χ3n) is 4.93. The Morgan fingerprint density at radius 1 is 0.917 bits per heavy atom. The van der Waals surface area contributed by atoms with Gasteiger partial charge in [-0.2, -0.15) is 14.0 Å². The lowest BCUT2D eigenvalue weighted by molar-refractivity contribution is -0.274. The van der Waals surface area contributed by atoms with Crippen LogP contribution in [0.5, 0.6) is 5.75 Å². The van der Waals surface area contributed by atoms with Gasteiger partial charge in [-0.25, -0.2) is 8.78 Å². The number of nitrogens with zero attached hydrogens (tertiary/aromatic N) is 2. The fourth-order valence-electron chi connectivity index (χ4n) is 3.26. The largest absolute Gasteiger partial charge is 0.573 e. The molecule has 1 atom stereocenters. The average Bonchev–Trinajstić information content (AvgIpc) is 2.80. The minimum Gasteiger partial charge on any atom is -0.406 e. The zero-order valence-corrected chi connectivity index (χ0v) is 19.6. The summed E-state index contributed by atoms with van der Waals surface area (Å²) in [5.74, 6) is -7.38. The lowest BCUT2D eigenvalue weighted by Gasteiger charge is -2.34. The van der Waals surface area contributed by atoms with Crippen LogP contribution in [0.1, 0.15) is 11.3 Å². The highest BCUT2D eigenvalue weighted by molar-refractivity contribution is 7.95. The van der Waals surface area contributed by atoms with Gasteiger partial charge in [-0.3, -0.25) is 4.98 Å². The van der Waals surface area contributed by atoms with E-state index in [1.165, 1.54) is 24.3 Å². The molecule has 2 aromatic carbocycles. The lowest BCUT2D eigenvalue weighted by atomic mass is 9.85. The Bertz CT molecular complexity index is 1240. The van der Waals surface area contributed by atoms with Crippen LogP contribution in [-0.2, 0) is 27.2 Å². The number of pyridine rings is 1. The van der Waals surface area contributed by atoms with E-state index in [1.807, 2.05) is 0 Å². The van der Waals surface area contributed by atoms with Gasteiger partial charge in [-0.15, -0.1) is 13.2 Å². The van der Waals surface area contributed by atoms with Gasteiger partial charge < -0.3 is 9.47 Å². The zero-order chi connectivity index (χ0) is 26.7. The van der Waals surface area contributed by atoms with Crippen molar-refractivity contribution < 1.29 is 40.2 Å². The number of hydrogen-bond acceptors (Lipinski definition) is 4. The van der Waals surface area contributed by atoms with E-state index in [1.54, 1.807) is 12.5 Å². The molecule has 1 aromatic heterocycles. The van der Waals surface area contributed by atoms with Gasteiger partial charge in [0.2, 0.25) is 5.94 Å². The Kier molecular flexibility index (Phi) is 7.85. The molecule has 0 unspecified atom stereocenters. The monoisotopic (exact) mass is 531 g/mol. The van der Waals surface area contributed by atoms with Crippen LogP contribution in [0.4, 0.5) is 30.7 Å². The van der Waals surface area contributed by atoms with Crippen LogP contribution in [0.3, 0.4) is 0 Å². The first-order valence-electron chi connectivity index (χ1n) is 10.0. The van der Waals surface area contributed by atoms with E-state index < -0.39 is 57.4 Å². The molecule has 0 bridgehead atoms. The van der Waals surface area contributed by atoms with Crippen LogP contribution in [0.2, 0.25) is 0 Å². The van der Waals surface area contributed by atoms with Gasteiger partial charge in [-0.1, -0.05) is 18.2 Å². The Morgan fingerprint density at radius 3 is 2.06 bits per heavy atom. The maximum atomic E-state index is 15.8. The van der Waals surface area contributed by atoms with Gasteiger partial charge >= 0.3 is 12.3 Å². The molecule has 0 aliphatic carbocycles. The number of rotatable bonds is 8. The quantitative estimate of drug-likeness (QED) is 0.253.